The molecule has 1 heterocycles. The number of aryl methyl sites for hydroxylation is 2. The summed E-state index contributed by atoms with van der Waals surface area (Å²) in [6, 6.07) is 15.0. The molecule has 0 bridgehead atoms. The summed E-state index contributed by atoms with van der Waals surface area (Å²) in [5.74, 6) is 0.723. The van der Waals surface area contributed by atoms with Crippen molar-refractivity contribution in [2.24, 2.45) is 7.05 Å². The number of nitrogens with zero attached hydrogens (tertiary/aromatic N) is 3. The summed E-state index contributed by atoms with van der Waals surface area (Å²) >= 11 is 0. The summed E-state index contributed by atoms with van der Waals surface area (Å²) in [6.45, 7) is 2.89. The molecular formula is C21H23N3O3. The molecule has 2 aromatic carbocycles. The lowest BCUT2D eigenvalue weighted by Gasteiger charge is -2.18. The normalized spacial score (nSPS) is 10.8. The number of carbonyl (C=O) groups is 1. The van der Waals surface area contributed by atoms with E-state index in [9.17, 15) is 9.59 Å². The van der Waals surface area contributed by atoms with Gasteiger partial charge in [-0.3, -0.25) is 9.59 Å². The van der Waals surface area contributed by atoms with Crippen molar-refractivity contribution in [2.45, 2.75) is 13.3 Å². The summed E-state index contributed by atoms with van der Waals surface area (Å²) in [7, 11) is 3.34. The van der Waals surface area contributed by atoms with Crippen LogP contribution in [0.1, 0.15) is 11.3 Å². The van der Waals surface area contributed by atoms with Crippen LogP contribution in [0.5, 0.6) is 5.75 Å². The molecule has 1 aromatic heterocycles. The molecule has 0 saturated heterocycles. The molecule has 0 fully saturated rings. The molecule has 3 aromatic rings. The molecule has 0 unspecified atom stereocenters. The zero-order valence-electron chi connectivity index (χ0n) is 15.8. The third kappa shape index (κ3) is 4.34. The molecule has 6 nitrogen and oxygen atoms in total. The molecule has 0 saturated carbocycles. The quantitative estimate of drug-likeness (QED) is 0.672. The van der Waals surface area contributed by atoms with Gasteiger partial charge in [-0.1, -0.05) is 30.3 Å². The van der Waals surface area contributed by atoms with Crippen LogP contribution in [-0.4, -0.2) is 40.8 Å². The van der Waals surface area contributed by atoms with Crippen molar-refractivity contribution in [3.05, 3.63) is 70.1 Å². The Balaban J connectivity index is 1.66. The topological polar surface area (TPSA) is 64.4 Å². The largest absolute Gasteiger partial charge is 0.492 e. The van der Waals surface area contributed by atoms with Crippen LogP contribution in [0.25, 0.3) is 10.8 Å². The second-order valence-corrected chi connectivity index (χ2v) is 6.58. The molecular weight excluding hydrogens is 342 g/mol. The number of carbonyl (C=O) groups excluding carboxylic acids is 1. The second kappa shape index (κ2) is 8.03. The zero-order chi connectivity index (χ0) is 19.4. The number of ether oxygens (including phenoxy) is 1. The van der Waals surface area contributed by atoms with Crippen LogP contribution in [0.4, 0.5) is 0 Å². The van der Waals surface area contributed by atoms with Crippen LogP contribution >= 0.6 is 0 Å². The lowest BCUT2D eigenvalue weighted by atomic mass is 10.1. The first-order valence-electron chi connectivity index (χ1n) is 8.84. The molecule has 0 aliphatic rings. The van der Waals surface area contributed by atoms with E-state index in [-0.39, 0.29) is 17.9 Å². The van der Waals surface area contributed by atoms with Crippen LogP contribution in [0, 0.1) is 6.92 Å². The highest BCUT2D eigenvalue weighted by Crippen LogP contribution is 2.15. The van der Waals surface area contributed by atoms with Crippen molar-refractivity contribution in [2.75, 3.05) is 20.2 Å². The van der Waals surface area contributed by atoms with Gasteiger partial charge in [0, 0.05) is 19.5 Å². The van der Waals surface area contributed by atoms with Gasteiger partial charge in [0.2, 0.25) is 5.91 Å². The Labute approximate surface area is 158 Å². The Kier molecular flexibility index (Phi) is 5.54. The van der Waals surface area contributed by atoms with E-state index in [1.807, 2.05) is 49.4 Å². The van der Waals surface area contributed by atoms with Gasteiger partial charge in [0.05, 0.1) is 24.0 Å². The summed E-state index contributed by atoms with van der Waals surface area (Å²) in [6.07, 6.45) is 0.135. The van der Waals surface area contributed by atoms with E-state index in [2.05, 4.69) is 5.10 Å². The molecule has 1 amide bonds. The van der Waals surface area contributed by atoms with Gasteiger partial charge >= 0.3 is 0 Å². The first kappa shape index (κ1) is 18.6. The monoisotopic (exact) mass is 365 g/mol. The van der Waals surface area contributed by atoms with E-state index in [1.165, 1.54) is 4.68 Å². The lowest BCUT2D eigenvalue weighted by Crippen LogP contribution is -2.33. The first-order chi connectivity index (χ1) is 13.0. The standard InChI is InChI=1S/C21H23N3O3/c1-15-7-6-8-16(13-15)27-12-11-23(2)20(25)14-19-17-9-4-5-10-18(17)21(26)24(3)22-19/h4-10,13H,11-12,14H2,1-3H3. The van der Waals surface area contributed by atoms with Crippen LogP contribution in [0.15, 0.2) is 53.3 Å². The highest BCUT2D eigenvalue weighted by atomic mass is 16.5. The molecule has 140 valence electrons. The Bertz CT molecular complexity index is 1030. The average Bonchev–Trinajstić information content (AvgIpc) is 2.66. The lowest BCUT2D eigenvalue weighted by molar-refractivity contribution is -0.129. The fraction of sp³-hybridized carbons (Fsp3) is 0.286. The van der Waals surface area contributed by atoms with E-state index in [0.29, 0.717) is 24.2 Å². The summed E-state index contributed by atoms with van der Waals surface area (Å²) in [4.78, 5) is 26.4. The van der Waals surface area contributed by atoms with Gasteiger partial charge in [-0.25, -0.2) is 4.68 Å². The van der Waals surface area contributed by atoms with E-state index in [1.54, 1.807) is 25.1 Å². The Morgan fingerprint density at radius 2 is 1.89 bits per heavy atom. The number of benzene rings is 2. The molecule has 0 spiro atoms. The van der Waals surface area contributed by atoms with Crippen molar-refractivity contribution in [3.63, 3.8) is 0 Å². The number of hydrogen-bond donors (Lipinski definition) is 0. The minimum atomic E-state index is -0.165. The SMILES string of the molecule is Cc1cccc(OCCN(C)C(=O)Cc2nn(C)c(=O)c3ccccc23)c1. The highest BCUT2D eigenvalue weighted by molar-refractivity contribution is 5.88. The van der Waals surface area contributed by atoms with E-state index < -0.39 is 0 Å². The van der Waals surface area contributed by atoms with Gasteiger partial charge < -0.3 is 9.64 Å². The van der Waals surface area contributed by atoms with Crippen molar-refractivity contribution in [3.8, 4) is 5.75 Å². The fourth-order valence-electron chi connectivity index (χ4n) is 2.91. The molecule has 0 atom stereocenters. The summed E-state index contributed by atoms with van der Waals surface area (Å²) in [5.41, 5.74) is 1.57. The number of likely N-dealkylation sites (N-methyl/N-ethyl adjacent to an activating group) is 1. The molecule has 0 aliphatic carbocycles. The number of fused-ring (bicyclic) bond motifs is 1. The van der Waals surface area contributed by atoms with Gasteiger partial charge in [-0.2, -0.15) is 5.10 Å². The summed E-state index contributed by atoms with van der Waals surface area (Å²) in [5, 5.41) is 5.58. The molecule has 6 heteroatoms. The molecule has 3 rings (SSSR count). The van der Waals surface area contributed by atoms with Crippen molar-refractivity contribution >= 4 is 16.7 Å². The van der Waals surface area contributed by atoms with Gasteiger partial charge in [0.25, 0.3) is 5.56 Å². The maximum absolute atomic E-state index is 12.6. The predicted molar refractivity (Wildman–Crippen MR) is 105 cm³/mol. The zero-order valence-corrected chi connectivity index (χ0v) is 15.8. The molecule has 0 radical (unpaired) electrons. The minimum absolute atomic E-state index is 0.0702. The predicted octanol–water partition coefficient (Wildman–Crippen LogP) is 2.32. The van der Waals surface area contributed by atoms with Crippen LogP contribution in [0.3, 0.4) is 0 Å². The van der Waals surface area contributed by atoms with Crippen molar-refractivity contribution < 1.29 is 9.53 Å². The third-order valence-electron chi connectivity index (χ3n) is 4.46. The number of rotatable bonds is 6. The number of hydrogen-bond acceptors (Lipinski definition) is 4. The number of amides is 1. The van der Waals surface area contributed by atoms with E-state index in [4.69, 9.17) is 4.74 Å². The van der Waals surface area contributed by atoms with Crippen LogP contribution < -0.4 is 10.3 Å². The average molecular weight is 365 g/mol. The Morgan fingerprint density at radius 1 is 1.15 bits per heavy atom. The third-order valence-corrected chi connectivity index (χ3v) is 4.46. The van der Waals surface area contributed by atoms with Crippen molar-refractivity contribution in [1.29, 1.82) is 0 Å². The van der Waals surface area contributed by atoms with Gasteiger partial charge in [0.1, 0.15) is 12.4 Å². The second-order valence-electron chi connectivity index (χ2n) is 6.58. The van der Waals surface area contributed by atoms with E-state index in [0.717, 1.165) is 16.7 Å². The molecule has 0 N–H and O–H groups in total. The molecule has 0 aliphatic heterocycles. The maximum Gasteiger partial charge on any atom is 0.274 e. The number of aromatic nitrogens is 2. The van der Waals surface area contributed by atoms with Gasteiger partial charge in [-0.15, -0.1) is 0 Å². The van der Waals surface area contributed by atoms with Crippen molar-refractivity contribution in [1.82, 2.24) is 14.7 Å². The minimum Gasteiger partial charge on any atom is -0.492 e. The smallest absolute Gasteiger partial charge is 0.274 e. The molecule has 27 heavy (non-hydrogen) atoms. The van der Waals surface area contributed by atoms with Gasteiger partial charge in [0.15, 0.2) is 0 Å². The van der Waals surface area contributed by atoms with Crippen LogP contribution in [-0.2, 0) is 18.3 Å². The maximum atomic E-state index is 12.6. The Morgan fingerprint density at radius 3 is 2.63 bits per heavy atom. The van der Waals surface area contributed by atoms with Gasteiger partial charge in [-0.05, 0) is 30.7 Å². The first-order valence-corrected chi connectivity index (χ1v) is 8.84. The Hall–Kier alpha value is -3.15. The van der Waals surface area contributed by atoms with E-state index >= 15 is 0 Å². The summed E-state index contributed by atoms with van der Waals surface area (Å²) < 4.78 is 6.99. The fourth-order valence-corrected chi connectivity index (χ4v) is 2.91. The highest BCUT2D eigenvalue weighted by Gasteiger charge is 2.15. The van der Waals surface area contributed by atoms with Crippen LogP contribution in [0.2, 0.25) is 0 Å².